The second kappa shape index (κ2) is 12.7. The third-order valence-electron chi connectivity index (χ3n) is 7.57. The highest BCUT2D eigenvalue weighted by atomic mass is 32.2. The van der Waals surface area contributed by atoms with Crippen LogP contribution in [0.4, 0.5) is 16.2 Å². The number of fused-ring (bicyclic) bond motifs is 2. The highest BCUT2D eigenvalue weighted by molar-refractivity contribution is 7.91. The molecule has 43 heavy (non-hydrogen) atoms. The number of aliphatic hydroxyl groups is 1. The van der Waals surface area contributed by atoms with Gasteiger partial charge in [-0.15, -0.1) is 11.3 Å². The minimum atomic E-state index is -3.77. The van der Waals surface area contributed by atoms with Crippen LogP contribution >= 0.6 is 11.3 Å². The molecule has 0 radical (unpaired) electrons. The first-order chi connectivity index (χ1) is 20.6. The van der Waals surface area contributed by atoms with E-state index in [4.69, 9.17) is 4.74 Å². The van der Waals surface area contributed by atoms with Gasteiger partial charge in [0, 0.05) is 24.9 Å². The number of para-hydroxylation sites is 1. The van der Waals surface area contributed by atoms with Crippen LogP contribution in [-0.2, 0) is 10.0 Å². The summed E-state index contributed by atoms with van der Waals surface area (Å²) in [6, 6.07) is 20.3. The van der Waals surface area contributed by atoms with E-state index in [1.54, 1.807) is 53.6 Å². The van der Waals surface area contributed by atoms with Crippen molar-refractivity contribution in [2.24, 2.45) is 5.92 Å². The van der Waals surface area contributed by atoms with Gasteiger partial charge in [-0.2, -0.15) is 4.31 Å². The van der Waals surface area contributed by atoms with E-state index in [0.29, 0.717) is 5.69 Å². The van der Waals surface area contributed by atoms with Gasteiger partial charge in [0.1, 0.15) is 10.3 Å². The van der Waals surface area contributed by atoms with E-state index in [0.717, 1.165) is 22.1 Å². The number of rotatable bonds is 8. The van der Waals surface area contributed by atoms with Crippen molar-refractivity contribution in [2.75, 3.05) is 37.4 Å². The Morgan fingerprint density at radius 2 is 1.77 bits per heavy atom. The van der Waals surface area contributed by atoms with Gasteiger partial charge in [-0.05, 0) is 42.0 Å². The van der Waals surface area contributed by atoms with Crippen molar-refractivity contribution in [1.82, 2.24) is 9.21 Å². The smallest absolute Gasteiger partial charge is 0.323 e. The van der Waals surface area contributed by atoms with Crippen LogP contribution in [0.5, 0.6) is 5.75 Å². The quantitative estimate of drug-likeness (QED) is 0.251. The molecule has 1 aliphatic rings. The molecule has 3 amide bonds. The molecule has 0 saturated carbocycles. The largest absolute Gasteiger partial charge is 0.486 e. The van der Waals surface area contributed by atoms with Crippen LogP contribution < -0.4 is 15.4 Å². The molecule has 0 saturated heterocycles. The van der Waals surface area contributed by atoms with Crippen LogP contribution in [0.1, 0.15) is 24.2 Å². The molecule has 3 atom stereocenters. The molecule has 0 spiro atoms. The third-order valence-corrected chi connectivity index (χ3v) is 10.8. The fourth-order valence-corrected chi connectivity index (χ4v) is 7.47. The highest BCUT2D eigenvalue weighted by Gasteiger charge is 2.36. The van der Waals surface area contributed by atoms with E-state index in [9.17, 15) is 23.1 Å². The lowest BCUT2D eigenvalue weighted by atomic mass is 9.99. The van der Waals surface area contributed by atoms with Crippen molar-refractivity contribution < 1.29 is 27.9 Å². The number of benzene rings is 3. The standard InChI is InChI=1S/C31H34N4O6S2/c1-20-17-35(21(2)19-36)30(37)24-12-7-14-26(33-31(38)32-25-13-6-10-22-9-4-5-11-23(22)25)29(24)41-27(20)18-34(3)43(39,40)28-15-8-16-42-28/h4-16,20-21,27,36H,17-19H2,1-3H3,(H2,32,33,38)/t20-,21-,27+/m1/s1. The minimum Gasteiger partial charge on any atom is -0.486 e. The average Bonchev–Trinajstić information content (AvgIpc) is 3.55. The second-order valence-corrected chi connectivity index (χ2v) is 13.8. The van der Waals surface area contributed by atoms with Crippen LogP contribution in [0.15, 0.2) is 82.4 Å². The predicted molar refractivity (Wildman–Crippen MR) is 168 cm³/mol. The summed E-state index contributed by atoms with van der Waals surface area (Å²) in [5, 5.41) is 19.2. The monoisotopic (exact) mass is 622 g/mol. The van der Waals surface area contributed by atoms with Crippen molar-refractivity contribution in [2.45, 2.75) is 30.2 Å². The number of hydrogen-bond donors (Lipinski definition) is 3. The number of hydrogen-bond acceptors (Lipinski definition) is 7. The summed E-state index contributed by atoms with van der Waals surface area (Å²) in [6.45, 7) is 3.59. The maximum absolute atomic E-state index is 13.8. The SMILES string of the molecule is C[C@@H]1CN([C@H](C)CO)C(=O)c2cccc(NC(=O)Nc3cccc4ccccc34)c2O[C@H]1CN(C)S(=O)(=O)c1cccs1. The molecule has 10 nitrogen and oxygen atoms in total. The minimum absolute atomic E-state index is 0.00703. The van der Waals surface area contributed by atoms with Crippen LogP contribution in [0.25, 0.3) is 10.8 Å². The molecule has 0 bridgehead atoms. The normalized spacial score (nSPS) is 18.0. The Balaban J connectivity index is 1.48. The molecule has 5 rings (SSSR count). The van der Waals surface area contributed by atoms with E-state index < -0.39 is 28.2 Å². The maximum atomic E-state index is 13.8. The second-order valence-electron chi connectivity index (χ2n) is 10.6. The predicted octanol–water partition coefficient (Wildman–Crippen LogP) is 5.09. The first-order valence-corrected chi connectivity index (χ1v) is 16.2. The number of carbonyl (C=O) groups is 2. The summed E-state index contributed by atoms with van der Waals surface area (Å²) in [4.78, 5) is 28.6. The van der Waals surface area contributed by atoms with Crippen molar-refractivity contribution in [1.29, 1.82) is 0 Å². The molecule has 4 aromatic rings. The van der Waals surface area contributed by atoms with Crippen LogP contribution in [0.2, 0.25) is 0 Å². The molecule has 1 aliphatic heterocycles. The Labute approximate surface area is 254 Å². The topological polar surface area (TPSA) is 128 Å². The number of carbonyl (C=O) groups excluding carboxylic acids is 2. The molecule has 12 heteroatoms. The van der Waals surface area contributed by atoms with Gasteiger partial charge >= 0.3 is 6.03 Å². The number of urea groups is 1. The molecular formula is C31H34N4O6S2. The van der Waals surface area contributed by atoms with E-state index in [1.165, 1.54) is 11.4 Å². The van der Waals surface area contributed by atoms with E-state index in [-0.39, 0.29) is 52.7 Å². The van der Waals surface area contributed by atoms with E-state index in [2.05, 4.69) is 10.6 Å². The van der Waals surface area contributed by atoms with Gasteiger partial charge < -0.3 is 25.4 Å². The van der Waals surface area contributed by atoms with Crippen molar-refractivity contribution in [3.63, 3.8) is 0 Å². The fourth-order valence-electron chi connectivity index (χ4n) is 5.09. The molecular weight excluding hydrogens is 588 g/mol. The lowest BCUT2D eigenvalue weighted by Crippen LogP contribution is -2.50. The molecule has 3 aromatic carbocycles. The molecule has 1 aromatic heterocycles. The Kier molecular flexibility index (Phi) is 9.02. The molecule has 0 fully saturated rings. The number of likely N-dealkylation sites (N-methyl/N-ethyl adjacent to an activating group) is 1. The number of anilines is 2. The number of sulfonamides is 1. The van der Waals surface area contributed by atoms with Gasteiger partial charge in [0.2, 0.25) is 0 Å². The number of nitrogens with zero attached hydrogens (tertiary/aromatic N) is 2. The maximum Gasteiger partial charge on any atom is 0.323 e. The van der Waals surface area contributed by atoms with Crippen LogP contribution in [0.3, 0.4) is 0 Å². The number of aliphatic hydroxyl groups excluding tert-OH is 1. The van der Waals surface area contributed by atoms with Crippen molar-refractivity contribution in [3.8, 4) is 5.75 Å². The van der Waals surface area contributed by atoms with E-state index in [1.807, 2.05) is 43.3 Å². The average molecular weight is 623 g/mol. The molecule has 2 heterocycles. The van der Waals surface area contributed by atoms with Crippen LogP contribution in [-0.4, -0.2) is 73.6 Å². The summed E-state index contributed by atoms with van der Waals surface area (Å²) < 4.78 is 34.4. The molecule has 226 valence electrons. The van der Waals surface area contributed by atoms with Gasteiger partial charge in [-0.1, -0.05) is 55.5 Å². The Bertz CT molecular complexity index is 1720. The number of ether oxygens (including phenoxy) is 1. The molecule has 0 aliphatic carbocycles. The van der Waals surface area contributed by atoms with Crippen molar-refractivity contribution >= 4 is 55.4 Å². The fraction of sp³-hybridized carbons (Fsp3) is 0.290. The number of amides is 3. The number of nitrogens with one attached hydrogen (secondary N) is 2. The first-order valence-electron chi connectivity index (χ1n) is 13.9. The third kappa shape index (κ3) is 6.37. The zero-order valence-corrected chi connectivity index (χ0v) is 25.7. The summed E-state index contributed by atoms with van der Waals surface area (Å²) in [7, 11) is -2.28. The van der Waals surface area contributed by atoms with Gasteiger partial charge in [0.25, 0.3) is 15.9 Å². The van der Waals surface area contributed by atoms with Crippen molar-refractivity contribution in [3.05, 3.63) is 83.7 Å². The number of thiophene rings is 1. The Morgan fingerprint density at radius 3 is 2.51 bits per heavy atom. The van der Waals surface area contributed by atoms with Gasteiger partial charge in [-0.25, -0.2) is 13.2 Å². The Morgan fingerprint density at radius 1 is 1.07 bits per heavy atom. The first kappa shape index (κ1) is 30.5. The van der Waals surface area contributed by atoms with E-state index >= 15 is 0 Å². The van der Waals surface area contributed by atoms with Gasteiger partial charge in [0.15, 0.2) is 5.75 Å². The highest BCUT2D eigenvalue weighted by Crippen LogP contribution is 2.36. The Hall–Kier alpha value is -3.97. The summed E-state index contributed by atoms with van der Waals surface area (Å²) in [6.07, 6.45) is -0.691. The summed E-state index contributed by atoms with van der Waals surface area (Å²) >= 11 is 1.13. The zero-order chi connectivity index (χ0) is 30.7. The van der Waals surface area contributed by atoms with Crippen LogP contribution in [0, 0.1) is 5.92 Å². The molecule has 0 unspecified atom stereocenters. The van der Waals surface area contributed by atoms with Gasteiger partial charge in [-0.3, -0.25) is 4.79 Å². The zero-order valence-electron chi connectivity index (χ0n) is 24.1. The molecule has 3 N–H and O–H groups in total. The summed E-state index contributed by atoms with van der Waals surface area (Å²) in [5.74, 6) is -0.557. The lowest BCUT2D eigenvalue weighted by Gasteiger charge is -2.38. The summed E-state index contributed by atoms with van der Waals surface area (Å²) in [5.41, 5.74) is 1.06. The lowest BCUT2D eigenvalue weighted by molar-refractivity contribution is 0.0389. The van der Waals surface area contributed by atoms with Gasteiger partial charge in [0.05, 0.1) is 36.1 Å².